The van der Waals surface area contributed by atoms with E-state index >= 15 is 0 Å². The summed E-state index contributed by atoms with van der Waals surface area (Å²) in [7, 11) is 0. The highest BCUT2D eigenvalue weighted by atomic mass is 16.5. The van der Waals surface area contributed by atoms with Gasteiger partial charge in [0.15, 0.2) is 0 Å². The number of anilines is 2. The zero-order valence-corrected chi connectivity index (χ0v) is 13.7. The van der Waals surface area contributed by atoms with E-state index in [4.69, 9.17) is 31.4 Å². The van der Waals surface area contributed by atoms with Crippen molar-refractivity contribution in [3.63, 3.8) is 0 Å². The molecule has 2 heterocycles. The van der Waals surface area contributed by atoms with Gasteiger partial charge in [0.25, 0.3) is 0 Å². The standard InChI is InChI=1S/C17H22N4O3/c1-2-22-5-6-23-11-4-3-10-7-12-15(19)13(9-18)16(20)21-17(12)24-14(10)8-11/h3-4,8H,2,5-7,9,18H2,1H3,(H4,19,20,21). The molecule has 0 saturated heterocycles. The van der Waals surface area contributed by atoms with Crippen LogP contribution >= 0.6 is 0 Å². The van der Waals surface area contributed by atoms with Gasteiger partial charge in [0.05, 0.1) is 6.61 Å². The molecular weight excluding hydrogens is 308 g/mol. The fraction of sp³-hybridized carbons (Fsp3) is 0.353. The maximum Gasteiger partial charge on any atom is 0.226 e. The second kappa shape index (κ2) is 6.94. The van der Waals surface area contributed by atoms with Crippen molar-refractivity contribution in [3.05, 3.63) is 34.9 Å². The molecule has 24 heavy (non-hydrogen) atoms. The number of rotatable bonds is 6. The summed E-state index contributed by atoms with van der Waals surface area (Å²) in [6.07, 6.45) is 0.621. The fourth-order valence-electron chi connectivity index (χ4n) is 2.67. The predicted molar refractivity (Wildman–Crippen MR) is 92.3 cm³/mol. The fourth-order valence-corrected chi connectivity index (χ4v) is 2.67. The van der Waals surface area contributed by atoms with E-state index in [2.05, 4.69) is 4.98 Å². The van der Waals surface area contributed by atoms with Gasteiger partial charge < -0.3 is 31.4 Å². The second-order valence-corrected chi connectivity index (χ2v) is 5.47. The molecule has 0 unspecified atom stereocenters. The van der Waals surface area contributed by atoms with Crippen LogP contribution in [-0.4, -0.2) is 24.8 Å². The van der Waals surface area contributed by atoms with Crippen LogP contribution in [0.2, 0.25) is 0 Å². The molecule has 3 rings (SSSR count). The second-order valence-electron chi connectivity index (χ2n) is 5.47. The average Bonchev–Trinajstić information content (AvgIpc) is 2.58. The van der Waals surface area contributed by atoms with Gasteiger partial charge in [-0.3, -0.25) is 0 Å². The van der Waals surface area contributed by atoms with Gasteiger partial charge in [0.1, 0.15) is 23.9 Å². The monoisotopic (exact) mass is 330 g/mol. The Balaban J connectivity index is 1.82. The Morgan fingerprint density at radius 2 is 2.08 bits per heavy atom. The van der Waals surface area contributed by atoms with Crippen molar-refractivity contribution in [2.45, 2.75) is 19.9 Å². The molecule has 0 spiro atoms. The molecule has 1 aliphatic heterocycles. The molecule has 0 fully saturated rings. The van der Waals surface area contributed by atoms with Gasteiger partial charge in [0, 0.05) is 42.5 Å². The van der Waals surface area contributed by atoms with Gasteiger partial charge in [0.2, 0.25) is 5.88 Å². The molecular formula is C17H22N4O3. The molecule has 0 amide bonds. The van der Waals surface area contributed by atoms with Crippen LogP contribution in [0.25, 0.3) is 0 Å². The molecule has 0 radical (unpaired) electrons. The lowest BCUT2D eigenvalue weighted by atomic mass is 9.98. The minimum Gasteiger partial charge on any atom is -0.491 e. The number of fused-ring (bicyclic) bond motifs is 2. The molecule has 1 aromatic heterocycles. The van der Waals surface area contributed by atoms with Crippen LogP contribution < -0.4 is 26.7 Å². The van der Waals surface area contributed by atoms with E-state index < -0.39 is 0 Å². The summed E-state index contributed by atoms with van der Waals surface area (Å²) in [6.45, 7) is 3.91. The minimum absolute atomic E-state index is 0.247. The van der Waals surface area contributed by atoms with Crippen LogP contribution in [0, 0.1) is 0 Å². The van der Waals surface area contributed by atoms with Crippen molar-refractivity contribution in [2.75, 3.05) is 31.3 Å². The van der Waals surface area contributed by atoms with E-state index in [0.717, 1.165) is 16.9 Å². The zero-order valence-electron chi connectivity index (χ0n) is 13.7. The van der Waals surface area contributed by atoms with Crippen molar-refractivity contribution in [3.8, 4) is 17.4 Å². The van der Waals surface area contributed by atoms with E-state index in [1.54, 1.807) is 0 Å². The molecule has 6 N–H and O–H groups in total. The van der Waals surface area contributed by atoms with E-state index in [1.165, 1.54) is 0 Å². The Kier molecular flexibility index (Phi) is 4.73. The van der Waals surface area contributed by atoms with E-state index in [9.17, 15) is 0 Å². The highest BCUT2D eigenvalue weighted by Gasteiger charge is 2.24. The van der Waals surface area contributed by atoms with Gasteiger partial charge in [-0.1, -0.05) is 6.07 Å². The number of aromatic nitrogens is 1. The van der Waals surface area contributed by atoms with Crippen molar-refractivity contribution < 1.29 is 14.2 Å². The molecule has 1 aromatic carbocycles. The zero-order chi connectivity index (χ0) is 17.1. The highest BCUT2D eigenvalue weighted by molar-refractivity contribution is 5.68. The van der Waals surface area contributed by atoms with Crippen LogP contribution in [0.3, 0.4) is 0 Å². The number of ether oxygens (including phenoxy) is 3. The lowest BCUT2D eigenvalue weighted by molar-refractivity contribution is 0.110. The molecule has 0 saturated carbocycles. The van der Waals surface area contributed by atoms with Crippen LogP contribution in [0.4, 0.5) is 11.5 Å². The summed E-state index contributed by atoms with van der Waals surface area (Å²) in [5.74, 6) is 2.15. The molecule has 128 valence electrons. The first-order chi connectivity index (χ1) is 11.6. The maximum atomic E-state index is 6.18. The van der Waals surface area contributed by atoms with Gasteiger partial charge >= 0.3 is 0 Å². The van der Waals surface area contributed by atoms with Crippen LogP contribution in [0.5, 0.6) is 17.4 Å². The summed E-state index contributed by atoms with van der Waals surface area (Å²) in [4.78, 5) is 4.30. The van der Waals surface area contributed by atoms with Gasteiger partial charge in [-0.2, -0.15) is 4.98 Å². The first-order valence-corrected chi connectivity index (χ1v) is 7.92. The van der Waals surface area contributed by atoms with Gasteiger partial charge in [-0.15, -0.1) is 0 Å². The molecule has 7 nitrogen and oxygen atoms in total. The number of pyridine rings is 1. The summed E-state index contributed by atoms with van der Waals surface area (Å²) in [5.41, 5.74) is 20.8. The van der Waals surface area contributed by atoms with Crippen molar-refractivity contribution in [2.24, 2.45) is 5.73 Å². The number of nitrogens with zero attached hydrogens (tertiary/aromatic N) is 1. The Bertz CT molecular complexity index is 749. The Morgan fingerprint density at radius 3 is 2.83 bits per heavy atom. The lowest BCUT2D eigenvalue weighted by Crippen LogP contribution is -2.15. The summed E-state index contributed by atoms with van der Waals surface area (Å²) in [5, 5.41) is 0. The summed E-state index contributed by atoms with van der Waals surface area (Å²) >= 11 is 0. The quantitative estimate of drug-likeness (QED) is 0.590. The first kappa shape index (κ1) is 16.4. The topological polar surface area (TPSA) is 119 Å². The van der Waals surface area contributed by atoms with Crippen molar-refractivity contribution >= 4 is 11.5 Å². The number of nitrogens with two attached hydrogens (primary N) is 3. The normalized spacial score (nSPS) is 12.2. The van der Waals surface area contributed by atoms with Crippen molar-refractivity contribution in [1.29, 1.82) is 0 Å². The Hall–Kier alpha value is -2.51. The van der Waals surface area contributed by atoms with Crippen LogP contribution in [0.1, 0.15) is 23.6 Å². The SMILES string of the molecule is CCOCCOc1ccc2c(c1)Oc1nc(N)c(CN)c(N)c1C2. The highest BCUT2D eigenvalue weighted by Crippen LogP contribution is 2.41. The van der Waals surface area contributed by atoms with E-state index in [-0.39, 0.29) is 6.54 Å². The minimum atomic E-state index is 0.247. The number of benzene rings is 1. The average molecular weight is 330 g/mol. The van der Waals surface area contributed by atoms with Gasteiger partial charge in [-0.05, 0) is 18.6 Å². The molecule has 1 aliphatic rings. The molecule has 0 aliphatic carbocycles. The van der Waals surface area contributed by atoms with E-state index in [0.29, 0.717) is 54.9 Å². The Morgan fingerprint density at radius 1 is 1.25 bits per heavy atom. The van der Waals surface area contributed by atoms with Crippen molar-refractivity contribution in [1.82, 2.24) is 4.98 Å². The van der Waals surface area contributed by atoms with Crippen LogP contribution in [0.15, 0.2) is 18.2 Å². The molecule has 0 atom stereocenters. The van der Waals surface area contributed by atoms with E-state index in [1.807, 2.05) is 25.1 Å². The number of nitrogen functional groups attached to an aromatic ring is 2. The third kappa shape index (κ3) is 3.08. The smallest absolute Gasteiger partial charge is 0.226 e. The Labute approximate surface area is 140 Å². The number of hydrogen-bond acceptors (Lipinski definition) is 7. The molecule has 0 bridgehead atoms. The third-order valence-corrected chi connectivity index (χ3v) is 3.96. The van der Waals surface area contributed by atoms with Gasteiger partial charge in [-0.25, -0.2) is 0 Å². The lowest BCUT2D eigenvalue weighted by Gasteiger charge is -2.23. The first-order valence-electron chi connectivity index (χ1n) is 7.92. The van der Waals surface area contributed by atoms with Crippen LogP contribution in [-0.2, 0) is 17.7 Å². The summed E-state index contributed by atoms with van der Waals surface area (Å²) < 4.78 is 16.8. The maximum absolute atomic E-state index is 6.18. The molecule has 2 aromatic rings. The molecule has 7 heteroatoms. The predicted octanol–water partition coefficient (Wildman–Crippen LogP) is 1.82. The third-order valence-electron chi connectivity index (χ3n) is 3.96. The largest absolute Gasteiger partial charge is 0.491 e. The summed E-state index contributed by atoms with van der Waals surface area (Å²) in [6, 6.07) is 5.71. The number of hydrogen-bond donors (Lipinski definition) is 3.